The van der Waals surface area contributed by atoms with Crippen molar-refractivity contribution in [2.75, 3.05) is 13.1 Å². The van der Waals surface area contributed by atoms with E-state index in [2.05, 4.69) is 37.9 Å². The number of nitrogens with one attached hydrogen (secondary N) is 1. The number of hydrogen-bond donors (Lipinski definition) is 1. The molecule has 20 heavy (non-hydrogen) atoms. The molecule has 1 aliphatic heterocycles. The van der Waals surface area contributed by atoms with Gasteiger partial charge in [0.15, 0.2) is 0 Å². The Morgan fingerprint density at radius 1 is 1.10 bits per heavy atom. The Balaban J connectivity index is 1.98. The van der Waals surface area contributed by atoms with E-state index >= 15 is 0 Å². The van der Waals surface area contributed by atoms with Gasteiger partial charge in [-0.2, -0.15) is 0 Å². The molecule has 1 saturated carbocycles. The lowest BCUT2D eigenvalue weighted by Crippen LogP contribution is -2.55. The van der Waals surface area contributed by atoms with Crippen molar-refractivity contribution in [2.45, 2.75) is 96.7 Å². The van der Waals surface area contributed by atoms with E-state index in [1.807, 2.05) is 0 Å². The second-order valence-corrected chi connectivity index (χ2v) is 8.07. The lowest BCUT2D eigenvalue weighted by molar-refractivity contribution is 0.0207. The van der Waals surface area contributed by atoms with Gasteiger partial charge in [-0.3, -0.25) is 4.90 Å². The molecule has 2 nitrogen and oxygen atoms in total. The zero-order chi connectivity index (χ0) is 14.6. The Morgan fingerprint density at radius 2 is 1.80 bits per heavy atom. The molecule has 0 aromatic carbocycles. The molecule has 3 unspecified atom stereocenters. The molecule has 1 heterocycles. The summed E-state index contributed by atoms with van der Waals surface area (Å²) in [6.07, 6.45) is 11.5. The van der Waals surface area contributed by atoms with Crippen LogP contribution >= 0.6 is 0 Å². The van der Waals surface area contributed by atoms with E-state index in [1.165, 1.54) is 64.5 Å². The van der Waals surface area contributed by atoms with Crippen molar-refractivity contribution in [1.82, 2.24) is 10.2 Å². The van der Waals surface area contributed by atoms with E-state index in [0.717, 1.165) is 18.0 Å². The molecular weight excluding hydrogens is 244 g/mol. The van der Waals surface area contributed by atoms with Crippen LogP contribution in [-0.2, 0) is 0 Å². The van der Waals surface area contributed by atoms with Crippen molar-refractivity contribution in [1.29, 1.82) is 0 Å². The minimum atomic E-state index is 0.244. The SMILES string of the molecule is CCCC(CNC(C)(C)C)N1CCCC2CCCCC21. The Morgan fingerprint density at radius 3 is 2.50 bits per heavy atom. The lowest BCUT2D eigenvalue weighted by atomic mass is 9.77. The molecule has 2 aliphatic rings. The normalized spacial score (nSPS) is 30.0. The summed E-state index contributed by atoms with van der Waals surface area (Å²) in [5.41, 5.74) is 0.244. The standard InChI is InChI=1S/C18H36N2/c1-5-9-16(14-19-18(2,3)4)20-13-8-11-15-10-6-7-12-17(15)20/h15-17,19H,5-14H2,1-4H3. The number of fused-ring (bicyclic) bond motifs is 1. The first-order valence-electron chi connectivity index (χ1n) is 9.02. The van der Waals surface area contributed by atoms with Gasteiger partial charge in [0.25, 0.3) is 0 Å². The Hall–Kier alpha value is -0.0800. The second kappa shape index (κ2) is 7.26. The highest BCUT2D eigenvalue weighted by Gasteiger charge is 2.36. The Kier molecular flexibility index (Phi) is 5.92. The fraction of sp³-hybridized carbons (Fsp3) is 1.00. The van der Waals surface area contributed by atoms with Gasteiger partial charge in [-0.1, -0.05) is 26.2 Å². The van der Waals surface area contributed by atoms with E-state index in [0.29, 0.717) is 0 Å². The maximum absolute atomic E-state index is 3.76. The minimum absolute atomic E-state index is 0.244. The Labute approximate surface area is 126 Å². The van der Waals surface area contributed by atoms with Gasteiger partial charge in [-0.05, 0) is 65.3 Å². The van der Waals surface area contributed by atoms with Gasteiger partial charge in [0.2, 0.25) is 0 Å². The van der Waals surface area contributed by atoms with Crippen molar-refractivity contribution in [2.24, 2.45) is 5.92 Å². The average molecular weight is 280 g/mol. The predicted octanol–water partition coefficient (Wildman–Crippen LogP) is 4.20. The largest absolute Gasteiger partial charge is 0.311 e. The summed E-state index contributed by atoms with van der Waals surface area (Å²) >= 11 is 0. The van der Waals surface area contributed by atoms with Crippen LogP contribution in [0.5, 0.6) is 0 Å². The van der Waals surface area contributed by atoms with E-state index < -0.39 is 0 Å². The molecule has 0 aromatic heterocycles. The first-order chi connectivity index (χ1) is 9.51. The highest BCUT2D eigenvalue weighted by atomic mass is 15.2. The fourth-order valence-corrected chi connectivity index (χ4v) is 4.26. The van der Waals surface area contributed by atoms with Crippen LogP contribution in [0.1, 0.15) is 79.1 Å². The molecule has 0 spiro atoms. The van der Waals surface area contributed by atoms with Crippen molar-refractivity contribution < 1.29 is 0 Å². The van der Waals surface area contributed by atoms with Gasteiger partial charge >= 0.3 is 0 Å². The lowest BCUT2D eigenvalue weighted by Gasteiger charge is -2.48. The van der Waals surface area contributed by atoms with Gasteiger partial charge in [-0.15, -0.1) is 0 Å². The fourth-order valence-electron chi connectivity index (χ4n) is 4.26. The number of rotatable bonds is 5. The molecule has 1 N–H and O–H groups in total. The number of piperidine rings is 1. The number of nitrogens with zero attached hydrogens (tertiary/aromatic N) is 1. The summed E-state index contributed by atoms with van der Waals surface area (Å²) in [7, 11) is 0. The third-order valence-corrected chi connectivity index (χ3v) is 5.25. The zero-order valence-corrected chi connectivity index (χ0v) is 14.3. The maximum atomic E-state index is 3.76. The molecule has 3 atom stereocenters. The van der Waals surface area contributed by atoms with Gasteiger partial charge < -0.3 is 5.32 Å². The third-order valence-electron chi connectivity index (χ3n) is 5.25. The van der Waals surface area contributed by atoms with Crippen LogP contribution in [-0.4, -0.2) is 35.6 Å². The van der Waals surface area contributed by atoms with E-state index in [1.54, 1.807) is 0 Å². The molecule has 0 bridgehead atoms. The average Bonchev–Trinajstić information content (AvgIpc) is 2.42. The van der Waals surface area contributed by atoms with Crippen LogP contribution in [0.4, 0.5) is 0 Å². The first kappa shape index (κ1) is 16.3. The molecule has 0 aromatic rings. The summed E-state index contributed by atoms with van der Waals surface area (Å²) in [6.45, 7) is 11.7. The summed E-state index contributed by atoms with van der Waals surface area (Å²) in [4.78, 5) is 2.90. The molecule has 1 aliphatic carbocycles. The number of likely N-dealkylation sites (tertiary alicyclic amines) is 1. The highest BCUT2D eigenvalue weighted by molar-refractivity contribution is 4.91. The van der Waals surface area contributed by atoms with Crippen LogP contribution in [0.2, 0.25) is 0 Å². The molecule has 118 valence electrons. The van der Waals surface area contributed by atoms with Crippen LogP contribution in [0.15, 0.2) is 0 Å². The summed E-state index contributed by atoms with van der Waals surface area (Å²) in [5, 5.41) is 3.76. The summed E-state index contributed by atoms with van der Waals surface area (Å²) in [6, 6.07) is 1.65. The predicted molar refractivity (Wildman–Crippen MR) is 88.1 cm³/mol. The summed E-state index contributed by atoms with van der Waals surface area (Å²) < 4.78 is 0. The number of hydrogen-bond acceptors (Lipinski definition) is 2. The topological polar surface area (TPSA) is 15.3 Å². The van der Waals surface area contributed by atoms with Gasteiger partial charge in [0.05, 0.1) is 0 Å². The zero-order valence-electron chi connectivity index (χ0n) is 14.3. The smallest absolute Gasteiger partial charge is 0.0223 e. The molecule has 2 fully saturated rings. The second-order valence-electron chi connectivity index (χ2n) is 8.07. The van der Waals surface area contributed by atoms with E-state index in [-0.39, 0.29) is 5.54 Å². The van der Waals surface area contributed by atoms with Crippen LogP contribution in [0.3, 0.4) is 0 Å². The van der Waals surface area contributed by atoms with Crippen molar-refractivity contribution >= 4 is 0 Å². The molecule has 0 radical (unpaired) electrons. The molecule has 1 saturated heterocycles. The quantitative estimate of drug-likeness (QED) is 0.812. The molecular formula is C18H36N2. The Bertz CT molecular complexity index is 280. The van der Waals surface area contributed by atoms with Gasteiger partial charge in [0.1, 0.15) is 0 Å². The van der Waals surface area contributed by atoms with Crippen LogP contribution in [0, 0.1) is 5.92 Å². The third kappa shape index (κ3) is 4.46. The minimum Gasteiger partial charge on any atom is -0.311 e. The van der Waals surface area contributed by atoms with Crippen molar-refractivity contribution in [3.63, 3.8) is 0 Å². The van der Waals surface area contributed by atoms with Crippen molar-refractivity contribution in [3.8, 4) is 0 Å². The van der Waals surface area contributed by atoms with Gasteiger partial charge in [0, 0.05) is 24.2 Å². The van der Waals surface area contributed by atoms with Gasteiger partial charge in [-0.25, -0.2) is 0 Å². The first-order valence-corrected chi connectivity index (χ1v) is 9.02. The molecule has 2 rings (SSSR count). The van der Waals surface area contributed by atoms with E-state index in [4.69, 9.17) is 0 Å². The molecule has 2 heteroatoms. The monoisotopic (exact) mass is 280 g/mol. The molecule has 0 amide bonds. The van der Waals surface area contributed by atoms with E-state index in [9.17, 15) is 0 Å². The summed E-state index contributed by atoms with van der Waals surface area (Å²) in [5.74, 6) is 1.01. The van der Waals surface area contributed by atoms with Crippen LogP contribution in [0.25, 0.3) is 0 Å². The van der Waals surface area contributed by atoms with Crippen LogP contribution < -0.4 is 5.32 Å². The maximum Gasteiger partial charge on any atom is 0.0223 e. The highest BCUT2D eigenvalue weighted by Crippen LogP contribution is 2.36. The van der Waals surface area contributed by atoms with Crippen molar-refractivity contribution in [3.05, 3.63) is 0 Å².